The molecule has 6 heteroatoms. The second-order valence-electron chi connectivity index (χ2n) is 5.87. The molecule has 2 N–H and O–H groups in total. The summed E-state index contributed by atoms with van der Waals surface area (Å²) in [5.41, 5.74) is 4.52. The van der Waals surface area contributed by atoms with E-state index in [-0.39, 0.29) is 6.04 Å². The quantitative estimate of drug-likeness (QED) is 0.593. The number of ether oxygens (including phenoxy) is 1. The molecule has 2 aromatic carbocycles. The van der Waals surface area contributed by atoms with Gasteiger partial charge in [0.25, 0.3) is 0 Å². The first-order chi connectivity index (χ1) is 11.8. The van der Waals surface area contributed by atoms with E-state index >= 15 is 0 Å². The SMILES string of the molecule is COC(=O)c1ccc(Cl)c(NC(=S)N[C@H](C)c2cc(C)ccc2C)c1. The number of carbonyl (C=O) groups excluding carboxylic acids is 1. The first-order valence-corrected chi connectivity index (χ1v) is 8.63. The van der Waals surface area contributed by atoms with Crippen LogP contribution < -0.4 is 10.6 Å². The Hall–Kier alpha value is -2.11. The Morgan fingerprint density at radius 1 is 1.20 bits per heavy atom. The van der Waals surface area contributed by atoms with Gasteiger partial charge in [0.05, 0.1) is 29.4 Å². The number of anilines is 1. The number of hydrogen-bond acceptors (Lipinski definition) is 3. The van der Waals surface area contributed by atoms with E-state index in [1.165, 1.54) is 23.8 Å². The van der Waals surface area contributed by atoms with Gasteiger partial charge in [-0.25, -0.2) is 4.79 Å². The van der Waals surface area contributed by atoms with Gasteiger partial charge in [-0.05, 0) is 62.3 Å². The molecule has 2 rings (SSSR count). The minimum Gasteiger partial charge on any atom is -0.465 e. The number of benzene rings is 2. The molecule has 0 radical (unpaired) electrons. The van der Waals surface area contributed by atoms with E-state index in [2.05, 4.69) is 42.7 Å². The Bertz CT molecular complexity index is 808. The van der Waals surface area contributed by atoms with E-state index in [9.17, 15) is 4.79 Å². The standard InChI is InChI=1S/C19H21ClN2O2S/c1-11-5-6-12(2)15(9-11)13(3)21-19(25)22-17-10-14(18(23)24-4)7-8-16(17)20/h5-10,13H,1-4H3,(H2,21,22,25)/t13-/m1/s1. The second-order valence-corrected chi connectivity index (χ2v) is 6.68. The molecule has 1 atom stereocenters. The molecule has 0 aromatic heterocycles. The lowest BCUT2D eigenvalue weighted by Crippen LogP contribution is -2.31. The Morgan fingerprint density at radius 2 is 1.92 bits per heavy atom. The van der Waals surface area contributed by atoms with Gasteiger partial charge in [0, 0.05) is 0 Å². The summed E-state index contributed by atoms with van der Waals surface area (Å²) in [5.74, 6) is -0.428. The van der Waals surface area contributed by atoms with Gasteiger partial charge in [-0.3, -0.25) is 0 Å². The maximum absolute atomic E-state index is 11.7. The van der Waals surface area contributed by atoms with Crippen molar-refractivity contribution >= 4 is 40.6 Å². The van der Waals surface area contributed by atoms with Gasteiger partial charge in [0.2, 0.25) is 0 Å². The molecule has 0 aliphatic carbocycles. The van der Waals surface area contributed by atoms with Crippen LogP contribution in [0.25, 0.3) is 0 Å². The lowest BCUT2D eigenvalue weighted by molar-refractivity contribution is 0.0601. The van der Waals surface area contributed by atoms with Crippen molar-refractivity contribution in [2.24, 2.45) is 0 Å². The summed E-state index contributed by atoms with van der Waals surface area (Å²) in [6.45, 7) is 6.17. The lowest BCUT2D eigenvalue weighted by Gasteiger charge is -2.20. The number of esters is 1. The molecule has 132 valence electrons. The Morgan fingerprint density at radius 3 is 2.60 bits per heavy atom. The van der Waals surface area contributed by atoms with E-state index < -0.39 is 5.97 Å². The summed E-state index contributed by atoms with van der Waals surface area (Å²) in [6, 6.07) is 11.2. The monoisotopic (exact) mass is 376 g/mol. The summed E-state index contributed by atoms with van der Waals surface area (Å²) in [6.07, 6.45) is 0. The van der Waals surface area contributed by atoms with Crippen LogP contribution in [0.5, 0.6) is 0 Å². The molecule has 0 heterocycles. The van der Waals surface area contributed by atoms with Crippen LogP contribution in [0.3, 0.4) is 0 Å². The van der Waals surface area contributed by atoms with Gasteiger partial charge in [0.1, 0.15) is 0 Å². The molecule has 25 heavy (non-hydrogen) atoms. The van der Waals surface area contributed by atoms with E-state index in [0.29, 0.717) is 21.4 Å². The maximum Gasteiger partial charge on any atom is 0.337 e. The maximum atomic E-state index is 11.7. The van der Waals surface area contributed by atoms with Crippen molar-refractivity contribution < 1.29 is 9.53 Å². The average Bonchev–Trinajstić information content (AvgIpc) is 2.58. The van der Waals surface area contributed by atoms with Crippen LogP contribution in [0.1, 0.15) is 40.0 Å². The fourth-order valence-electron chi connectivity index (χ4n) is 2.53. The van der Waals surface area contributed by atoms with E-state index in [1.807, 2.05) is 6.92 Å². The van der Waals surface area contributed by atoms with Crippen molar-refractivity contribution in [3.63, 3.8) is 0 Å². The molecule has 0 amide bonds. The highest BCUT2D eigenvalue weighted by Crippen LogP contribution is 2.24. The molecule has 0 saturated carbocycles. The minimum absolute atomic E-state index is 0.0301. The van der Waals surface area contributed by atoms with Crippen molar-refractivity contribution in [3.8, 4) is 0 Å². The third kappa shape index (κ3) is 4.94. The highest BCUT2D eigenvalue weighted by molar-refractivity contribution is 7.80. The van der Waals surface area contributed by atoms with Crippen LogP contribution in [-0.2, 0) is 4.74 Å². The normalized spacial score (nSPS) is 11.6. The number of nitrogens with one attached hydrogen (secondary N) is 2. The van der Waals surface area contributed by atoms with E-state index in [1.54, 1.807) is 18.2 Å². The topological polar surface area (TPSA) is 50.4 Å². The Labute approximate surface area is 158 Å². The molecule has 0 fully saturated rings. The third-order valence-corrected chi connectivity index (χ3v) is 4.43. The zero-order chi connectivity index (χ0) is 18.6. The van der Waals surface area contributed by atoms with Gasteiger partial charge in [-0.1, -0.05) is 35.4 Å². The summed E-state index contributed by atoms with van der Waals surface area (Å²) < 4.78 is 4.72. The van der Waals surface area contributed by atoms with Crippen molar-refractivity contribution in [3.05, 3.63) is 63.7 Å². The molecule has 0 unspecified atom stereocenters. The fourth-order valence-corrected chi connectivity index (χ4v) is 2.98. The van der Waals surface area contributed by atoms with Crippen molar-refractivity contribution in [2.75, 3.05) is 12.4 Å². The van der Waals surface area contributed by atoms with E-state index in [0.717, 1.165) is 0 Å². The molecule has 4 nitrogen and oxygen atoms in total. The van der Waals surface area contributed by atoms with Crippen LogP contribution in [-0.4, -0.2) is 18.2 Å². The summed E-state index contributed by atoms with van der Waals surface area (Å²) in [4.78, 5) is 11.7. The van der Waals surface area contributed by atoms with Crippen LogP contribution in [0.2, 0.25) is 5.02 Å². The number of aryl methyl sites for hydroxylation is 2. The van der Waals surface area contributed by atoms with Crippen LogP contribution in [0.4, 0.5) is 5.69 Å². The minimum atomic E-state index is -0.428. The number of carbonyl (C=O) groups is 1. The number of hydrogen-bond donors (Lipinski definition) is 2. The predicted molar refractivity (Wildman–Crippen MR) is 106 cm³/mol. The predicted octanol–water partition coefficient (Wildman–Crippen LogP) is 4.79. The van der Waals surface area contributed by atoms with Gasteiger partial charge >= 0.3 is 5.97 Å². The zero-order valence-electron chi connectivity index (χ0n) is 14.6. The number of thiocarbonyl (C=S) groups is 1. The van der Waals surface area contributed by atoms with Crippen molar-refractivity contribution in [1.29, 1.82) is 0 Å². The van der Waals surface area contributed by atoms with Crippen LogP contribution in [0.15, 0.2) is 36.4 Å². The van der Waals surface area contributed by atoms with E-state index in [4.69, 9.17) is 28.6 Å². The molecular weight excluding hydrogens is 356 g/mol. The van der Waals surface area contributed by atoms with Crippen LogP contribution in [0, 0.1) is 13.8 Å². The van der Waals surface area contributed by atoms with Gasteiger partial charge < -0.3 is 15.4 Å². The van der Waals surface area contributed by atoms with Crippen LogP contribution >= 0.6 is 23.8 Å². The molecular formula is C19H21ClN2O2S. The molecule has 0 spiro atoms. The first-order valence-electron chi connectivity index (χ1n) is 7.84. The number of rotatable bonds is 4. The third-order valence-electron chi connectivity index (χ3n) is 3.88. The average molecular weight is 377 g/mol. The van der Waals surface area contributed by atoms with Gasteiger partial charge in [-0.15, -0.1) is 0 Å². The number of methoxy groups -OCH3 is 1. The number of halogens is 1. The molecule has 0 aliphatic rings. The molecule has 0 saturated heterocycles. The molecule has 0 bridgehead atoms. The van der Waals surface area contributed by atoms with Crippen molar-refractivity contribution in [2.45, 2.75) is 26.8 Å². The van der Waals surface area contributed by atoms with Gasteiger partial charge in [-0.2, -0.15) is 0 Å². The summed E-state index contributed by atoms with van der Waals surface area (Å²) in [5, 5.41) is 7.19. The van der Waals surface area contributed by atoms with Crippen molar-refractivity contribution in [1.82, 2.24) is 5.32 Å². The fraction of sp³-hybridized carbons (Fsp3) is 0.263. The molecule has 0 aliphatic heterocycles. The highest BCUT2D eigenvalue weighted by Gasteiger charge is 2.13. The Balaban J connectivity index is 2.12. The Kier molecular flexibility index (Phi) is 6.39. The largest absolute Gasteiger partial charge is 0.465 e. The smallest absolute Gasteiger partial charge is 0.337 e. The lowest BCUT2D eigenvalue weighted by atomic mass is 10.0. The molecule has 2 aromatic rings. The zero-order valence-corrected chi connectivity index (χ0v) is 16.2. The first kappa shape index (κ1) is 19.2. The van der Waals surface area contributed by atoms with Gasteiger partial charge in [0.15, 0.2) is 5.11 Å². The summed E-state index contributed by atoms with van der Waals surface area (Å²) >= 11 is 11.6. The highest BCUT2D eigenvalue weighted by atomic mass is 35.5. The second kappa shape index (κ2) is 8.32. The summed E-state index contributed by atoms with van der Waals surface area (Å²) in [7, 11) is 1.34.